The van der Waals surface area contributed by atoms with Crippen LogP contribution in [0.1, 0.15) is 38.8 Å². The number of aliphatic carboxylic acids is 2. The molecule has 0 saturated heterocycles. The van der Waals surface area contributed by atoms with Gasteiger partial charge in [-0.2, -0.15) is 0 Å². The average molecular weight is 454 g/mol. The van der Waals surface area contributed by atoms with E-state index in [2.05, 4.69) is 25.9 Å². The highest BCUT2D eigenvalue weighted by Crippen LogP contribution is 2.05. The number of carbonyl (C=O) groups excluding carboxylic acids is 3. The number of carboxylic acid groups (broad SMARTS) is 2. The van der Waals surface area contributed by atoms with E-state index in [0.717, 1.165) is 0 Å². The van der Waals surface area contributed by atoms with E-state index in [1.807, 2.05) is 13.8 Å². The van der Waals surface area contributed by atoms with Crippen molar-refractivity contribution in [3.05, 3.63) is 18.2 Å². The number of nitrogens with two attached hydrogens (primary N) is 1. The molecule has 0 bridgehead atoms. The van der Waals surface area contributed by atoms with E-state index in [1.54, 1.807) is 0 Å². The zero-order chi connectivity index (χ0) is 24.3. The number of rotatable bonds is 14. The fraction of sp³-hybridized carbons (Fsp3) is 0.579. The number of hydrogen-bond donors (Lipinski definition) is 7. The van der Waals surface area contributed by atoms with Crippen LogP contribution in [0, 0.1) is 5.92 Å². The summed E-state index contributed by atoms with van der Waals surface area (Å²) in [6.45, 7) is 3.24. The minimum absolute atomic E-state index is 0.0595. The summed E-state index contributed by atoms with van der Waals surface area (Å²) in [5, 5.41) is 24.8. The van der Waals surface area contributed by atoms with Gasteiger partial charge in [0.05, 0.1) is 18.9 Å². The minimum Gasteiger partial charge on any atom is -0.481 e. The quantitative estimate of drug-likeness (QED) is 0.171. The van der Waals surface area contributed by atoms with Crippen LogP contribution in [-0.2, 0) is 30.4 Å². The first-order chi connectivity index (χ1) is 15.0. The molecule has 0 aliphatic heterocycles. The molecular formula is C19H30N6O7. The van der Waals surface area contributed by atoms with Crippen molar-refractivity contribution in [3.63, 3.8) is 0 Å². The van der Waals surface area contributed by atoms with Crippen molar-refractivity contribution in [2.75, 3.05) is 6.54 Å². The van der Waals surface area contributed by atoms with Gasteiger partial charge in [-0.05, 0) is 18.8 Å². The monoisotopic (exact) mass is 454 g/mol. The highest BCUT2D eigenvalue weighted by molar-refractivity contribution is 5.92. The van der Waals surface area contributed by atoms with E-state index in [9.17, 15) is 24.0 Å². The van der Waals surface area contributed by atoms with Crippen LogP contribution in [0.2, 0.25) is 0 Å². The van der Waals surface area contributed by atoms with Gasteiger partial charge in [0.15, 0.2) is 0 Å². The van der Waals surface area contributed by atoms with Crippen LogP contribution >= 0.6 is 0 Å². The molecule has 1 rings (SSSR count). The Kier molecular flexibility index (Phi) is 10.8. The Morgan fingerprint density at radius 3 is 2.31 bits per heavy atom. The summed E-state index contributed by atoms with van der Waals surface area (Å²) >= 11 is 0. The maximum atomic E-state index is 12.6. The van der Waals surface area contributed by atoms with Crippen LogP contribution in [0.25, 0.3) is 0 Å². The smallest absolute Gasteiger partial charge is 0.326 e. The van der Waals surface area contributed by atoms with E-state index in [0.29, 0.717) is 12.1 Å². The van der Waals surface area contributed by atoms with Crippen LogP contribution in [0.4, 0.5) is 0 Å². The largest absolute Gasteiger partial charge is 0.481 e. The molecule has 13 heteroatoms. The second-order valence-corrected chi connectivity index (χ2v) is 7.69. The normalized spacial score (nSPS) is 13.6. The second kappa shape index (κ2) is 13.0. The number of carbonyl (C=O) groups is 5. The number of carboxylic acids is 2. The van der Waals surface area contributed by atoms with Gasteiger partial charge < -0.3 is 36.9 Å². The number of nitrogens with zero attached hydrogens (tertiary/aromatic N) is 1. The third kappa shape index (κ3) is 10.0. The zero-order valence-corrected chi connectivity index (χ0v) is 18.0. The van der Waals surface area contributed by atoms with Crippen molar-refractivity contribution in [2.45, 2.75) is 57.7 Å². The standard InChI is InChI=1S/C19H30N6O7/c1-10(2)5-12(20)17(29)25-14(6-11-7-21-9-23-11)18(30)22-8-15(26)24-13(19(31)32)3-4-16(27)28/h7,9-10,12-14H,3-6,8,20H2,1-2H3,(H,21,23)(H,22,30)(H,24,26)(H,25,29)(H,27,28)(H,31,32). The minimum atomic E-state index is -1.41. The lowest BCUT2D eigenvalue weighted by Gasteiger charge is -2.21. The molecule has 32 heavy (non-hydrogen) atoms. The summed E-state index contributed by atoms with van der Waals surface area (Å²) < 4.78 is 0. The Hall–Kier alpha value is -3.48. The van der Waals surface area contributed by atoms with Crippen molar-refractivity contribution < 1.29 is 34.2 Å². The maximum Gasteiger partial charge on any atom is 0.326 e. The molecule has 3 unspecified atom stereocenters. The Bertz CT molecular complexity index is 796. The summed E-state index contributed by atoms with van der Waals surface area (Å²) in [7, 11) is 0. The summed E-state index contributed by atoms with van der Waals surface area (Å²) in [4.78, 5) is 65.5. The number of imidazole rings is 1. The van der Waals surface area contributed by atoms with Crippen LogP contribution < -0.4 is 21.7 Å². The van der Waals surface area contributed by atoms with Crippen molar-refractivity contribution in [1.29, 1.82) is 0 Å². The Morgan fingerprint density at radius 2 is 1.78 bits per heavy atom. The van der Waals surface area contributed by atoms with Gasteiger partial charge in [-0.15, -0.1) is 0 Å². The molecule has 0 aliphatic carbocycles. The molecule has 1 aromatic rings. The third-order valence-electron chi connectivity index (χ3n) is 4.38. The highest BCUT2D eigenvalue weighted by atomic mass is 16.4. The van der Waals surface area contributed by atoms with E-state index < -0.39 is 60.8 Å². The van der Waals surface area contributed by atoms with Crippen molar-refractivity contribution in [2.24, 2.45) is 11.7 Å². The molecule has 0 aromatic carbocycles. The van der Waals surface area contributed by atoms with Crippen molar-refractivity contribution in [1.82, 2.24) is 25.9 Å². The first-order valence-electron chi connectivity index (χ1n) is 10.0. The summed E-state index contributed by atoms with van der Waals surface area (Å²) in [6, 6.07) is -3.29. The highest BCUT2D eigenvalue weighted by Gasteiger charge is 2.26. The van der Waals surface area contributed by atoms with E-state index >= 15 is 0 Å². The van der Waals surface area contributed by atoms with Crippen LogP contribution in [-0.4, -0.2) is 74.5 Å². The molecule has 0 aliphatic rings. The van der Waals surface area contributed by atoms with Gasteiger partial charge in [-0.3, -0.25) is 19.2 Å². The molecule has 1 heterocycles. The molecule has 0 fully saturated rings. The molecule has 0 spiro atoms. The second-order valence-electron chi connectivity index (χ2n) is 7.69. The first-order valence-corrected chi connectivity index (χ1v) is 10.0. The molecule has 1 aromatic heterocycles. The van der Waals surface area contributed by atoms with Gasteiger partial charge in [-0.25, -0.2) is 9.78 Å². The SMILES string of the molecule is CC(C)CC(N)C(=O)NC(Cc1cnc[nH]1)C(=O)NCC(=O)NC(CCC(=O)O)C(=O)O. The van der Waals surface area contributed by atoms with Gasteiger partial charge >= 0.3 is 11.9 Å². The predicted octanol–water partition coefficient (Wildman–Crippen LogP) is -1.64. The molecule has 3 atom stereocenters. The zero-order valence-electron chi connectivity index (χ0n) is 18.0. The molecule has 178 valence electrons. The average Bonchev–Trinajstić information content (AvgIpc) is 3.20. The summed E-state index contributed by atoms with van der Waals surface area (Å²) in [5.41, 5.74) is 6.43. The van der Waals surface area contributed by atoms with Crippen molar-refractivity contribution in [3.8, 4) is 0 Å². The molecule has 13 nitrogen and oxygen atoms in total. The van der Waals surface area contributed by atoms with Gasteiger partial charge in [0.1, 0.15) is 12.1 Å². The van der Waals surface area contributed by atoms with E-state index in [4.69, 9.17) is 15.9 Å². The number of aromatic nitrogens is 2. The Labute approximate surface area is 184 Å². The van der Waals surface area contributed by atoms with E-state index in [-0.39, 0.29) is 18.8 Å². The van der Waals surface area contributed by atoms with Gasteiger partial charge in [0.25, 0.3) is 0 Å². The molecule has 0 radical (unpaired) electrons. The van der Waals surface area contributed by atoms with Gasteiger partial charge in [0.2, 0.25) is 17.7 Å². The van der Waals surface area contributed by atoms with Crippen LogP contribution in [0.15, 0.2) is 12.5 Å². The summed E-state index contributed by atoms with van der Waals surface area (Å²) in [5.74, 6) is -4.46. The third-order valence-corrected chi connectivity index (χ3v) is 4.38. The predicted molar refractivity (Wildman–Crippen MR) is 111 cm³/mol. The lowest BCUT2D eigenvalue weighted by molar-refractivity contribution is -0.143. The number of hydrogen-bond acceptors (Lipinski definition) is 7. The van der Waals surface area contributed by atoms with E-state index in [1.165, 1.54) is 12.5 Å². The van der Waals surface area contributed by atoms with Crippen molar-refractivity contribution >= 4 is 29.7 Å². The van der Waals surface area contributed by atoms with Gasteiger partial charge in [-0.1, -0.05) is 13.8 Å². The summed E-state index contributed by atoms with van der Waals surface area (Å²) in [6.07, 6.45) is 2.61. The molecule has 3 amide bonds. The fourth-order valence-electron chi connectivity index (χ4n) is 2.78. The molecule has 8 N–H and O–H groups in total. The van der Waals surface area contributed by atoms with Gasteiger partial charge in [0, 0.05) is 24.7 Å². The number of amides is 3. The van der Waals surface area contributed by atoms with Crippen LogP contribution in [0.5, 0.6) is 0 Å². The number of H-pyrrole nitrogens is 1. The first kappa shape index (κ1) is 26.6. The lowest BCUT2D eigenvalue weighted by Crippen LogP contribution is -2.54. The molecular weight excluding hydrogens is 424 g/mol. The Morgan fingerprint density at radius 1 is 1.09 bits per heavy atom. The topological polar surface area (TPSA) is 217 Å². The number of nitrogens with one attached hydrogen (secondary N) is 4. The van der Waals surface area contributed by atoms with Crippen LogP contribution in [0.3, 0.4) is 0 Å². The lowest BCUT2D eigenvalue weighted by atomic mass is 10.0. The fourth-order valence-corrected chi connectivity index (χ4v) is 2.78. The molecule has 0 saturated carbocycles. The maximum absolute atomic E-state index is 12.6. The number of aromatic amines is 1. The Balaban J connectivity index is 2.71.